The molecule has 0 spiro atoms. The van der Waals surface area contributed by atoms with Crippen LogP contribution in [-0.2, 0) is 19.1 Å². The monoisotopic (exact) mass is 248 g/mol. The summed E-state index contributed by atoms with van der Waals surface area (Å²) < 4.78 is 9.56. The second kappa shape index (κ2) is 14.9. The van der Waals surface area contributed by atoms with Crippen LogP contribution in [0.5, 0.6) is 0 Å². The molecule has 17 heavy (non-hydrogen) atoms. The zero-order valence-corrected chi connectivity index (χ0v) is 11.0. The second-order valence-electron chi connectivity index (χ2n) is 3.25. The average Bonchev–Trinajstić information content (AvgIpc) is 2.29. The number of unbranched alkanes of at least 4 members (excludes halogenated alkanes) is 1. The molecule has 0 aromatic heterocycles. The molecule has 0 aromatic carbocycles. The van der Waals surface area contributed by atoms with Crippen LogP contribution in [0.1, 0.15) is 46.5 Å². The van der Waals surface area contributed by atoms with Crippen LogP contribution in [0.2, 0.25) is 0 Å². The van der Waals surface area contributed by atoms with E-state index >= 15 is 0 Å². The van der Waals surface area contributed by atoms with Crippen molar-refractivity contribution in [3.05, 3.63) is 0 Å². The Balaban J connectivity index is 0. The summed E-state index contributed by atoms with van der Waals surface area (Å²) in [5, 5.41) is 8.23. The van der Waals surface area contributed by atoms with Crippen LogP contribution in [0.15, 0.2) is 0 Å². The maximum Gasteiger partial charge on any atom is 0.306 e. The van der Waals surface area contributed by atoms with E-state index in [4.69, 9.17) is 14.6 Å². The van der Waals surface area contributed by atoms with Gasteiger partial charge in [0.2, 0.25) is 0 Å². The van der Waals surface area contributed by atoms with Gasteiger partial charge in [0.05, 0.1) is 19.4 Å². The summed E-state index contributed by atoms with van der Waals surface area (Å²) in [6.07, 6.45) is 1.62. The van der Waals surface area contributed by atoms with Gasteiger partial charge in [-0.05, 0) is 20.3 Å². The van der Waals surface area contributed by atoms with Crippen LogP contribution in [0.4, 0.5) is 0 Å². The third kappa shape index (κ3) is 20.9. The van der Waals surface area contributed by atoms with Gasteiger partial charge in [0.25, 0.3) is 0 Å². The van der Waals surface area contributed by atoms with Crippen molar-refractivity contribution in [2.75, 3.05) is 19.8 Å². The summed E-state index contributed by atoms with van der Waals surface area (Å²) in [5.41, 5.74) is 0. The Morgan fingerprint density at radius 3 is 2.00 bits per heavy atom. The van der Waals surface area contributed by atoms with E-state index in [2.05, 4.69) is 0 Å². The minimum absolute atomic E-state index is 0.0287. The Hall–Kier alpha value is -1.10. The highest BCUT2D eigenvalue weighted by atomic mass is 16.5. The van der Waals surface area contributed by atoms with Crippen LogP contribution < -0.4 is 0 Å². The number of hydrogen-bond donors (Lipinski definition) is 1. The number of ether oxygens (including phenoxy) is 2. The highest BCUT2D eigenvalue weighted by Gasteiger charge is 2.05. The standard InChI is InChI=1S/C8H14O4.C4H10O/c1-2-3-6-12-8(11)5-4-7(9)10;1-3-5-4-2/h2-6H2,1H3,(H,9,10);3-4H2,1-2H3. The highest BCUT2D eigenvalue weighted by Crippen LogP contribution is 1.95. The van der Waals surface area contributed by atoms with Gasteiger partial charge in [-0.1, -0.05) is 13.3 Å². The molecule has 0 rings (SSSR count). The molecule has 0 saturated heterocycles. The third-order valence-electron chi connectivity index (χ3n) is 1.71. The molecule has 102 valence electrons. The van der Waals surface area contributed by atoms with E-state index in [9.17, 15) is 9.59 Å². The molecule has 0 atom stereocenters. The van der Waals surface area contributed by atoms with Gasteiger partial charge in [-0.2, -0.15) is 0 Å². The fourth-order valence-electron chi connectivity index (χ4n) is 0.816. The lowest BCUT2D eigenvalue weighted by molar-refractivity contribution is -0.147. The summed E-state index contributed by atoms with van der Waals surface area (Å²) in [6, 6.07) is 0. The molecular weight excluding hydrogens is 224 g/mol. The number of carbonyl (C=O) groups excluding carboxylic acids is 1. The minimum Gasteiger partial charge on any atom is -0.481 e. The highest BCUT2D eigenvalue weighted by molar-refractivity contribution is 5.76. The van der Waals surface area contributed by atoms with E-state index in [1.165, 1.54) is 0 Å². The molecular formula is C12H24O5. The van der Waals surface area contributed by atoms with Crippen molar-refractivity contribution in [2.45, 2.75) is 46.5 Å². The van der Waals surface area contributed by atoms with Gasteiger partial charge in [0, 0.05) is 13.2 Å². The molecule has 1 N–H and O–H groups in total. The SMILES string of the molecule is CCCCOC(=O)CCC(=O)O.CCOCC. The lowest BCUT2D eigenvalue weighted by atomic mass is 10.3. The van der Waals surface area contributed by atoms with Crippen LogP contribution >= 0.6 is 0 Å². The molecule has 0 amide bonds. The fraction of sp³-hybridized carbons (Fsp3) is 0.833. The number of carboxylic acids is 1. The van der Waals surface area contributed by atoms with E-state index in [1.807, 2.05) is 20.8 Å². The normalized spacial score (nSPS) is 9.12. The molecule has 0 bridgehead atoms. The minimum atomic E-state index is -0.970. The summed E-state index contributed by atoms with van der Waals surface area (Å²) in [5.74, 6) is -1.40. The maximum atomic E-state index is 10.7. The molecule has 5 nitrogen and oxygen atoms in total. The Labute approximate surface area is 103 Å². The Morgan fingerprint density at radius 1 is 1.06 bits per heavy atom. The lowest BCUT2D eigenvalue weighted by Crippen LogP contribution is -2.08. The zero-order chi connectivity index (χ0) is 13.5. The zero-order valence-electron chi connectivity index (χ0n) is 11.0. The lowest BCUT2D eigenvalue weighted by Gasteiger charge is -2.01. The summed E-state index contributed by atoms with van der Waals surface area (Å²) in [6.45, 7) is 8.06. The Morgan fingerprint density at radius 2 is 1.65 bits per heavy atom. The molecule has 0 unspecified atom stereocenters. The van der Waals surface area contributed by atoms with E-state index in [0.717, 1.165) is 26.1 Å². The number of carbonyl (C=O) groups is 2. The van der Waals surface area contributed by atoms with Gasteiger partial charge < -0.3 is 14.6 Å². The molecule has 5 heteroatoms. The Kier molecular flexibility index (Phi) is 16.0. The molecule has 0 fully saturated rings. The molecule has 0 aromatic rings. The van der Waals surface area contributed by atoms with Crippen LogP contribution in [0.3, 0.4) is 0 Å². The van der Waals surface area contributed by atoms with Crippen molar-refractivity contribution in [1.29, 1.82) is 0 Å². The van der Waals surface area contributed by atoms with E-state index in [0.29, 0.717) is 6.61 Å². The molecule has 0 saturated carbocycles. The largest absolute Gasteiger partial charge is 0.481 e. The summed E-state index contributed by atoms with van der Waals surface area (Å²) >= 11 is 0. The predicted molar refractivity (Wildman–Crippen MR) is 64.9 cm³/mol. The second-order valence-corrected chi connectivity index (χ2v) is 3.25. The predicted octanol–water partition coefficient (Wildman–Crippen LogP) is 2.24. The van der Waals surface area contributed by atoms with Crippen LogP contribution in [-0.4, -0.2) is 36.9 Å². The molecule has 0 aliphatic heterocycles. The van der Waals surface area contributed by atoms with Crippen LogP contribution in [0.25, 0.3) is 0 Å². The first-order chi connectivity index (χ1) is 8.08. The third-order valence-corrected chi connectivity index (χ3v) is 1.71. The first-order valence-corrected chi connectivity index (χ1v) is 6.03. The van der Waals surface area contributed by atoms with Crippen molar-refractivity contribution in [3.8, 4) is 0 Å². The molecule has 0 aliphatic rings. The van der Waals surface area contributed by atoms with E-state index < -0.39 is 11.9 Å². The van der Waals surface area contributed by atoms with Crippen molar-refractivity contribution in [2.24, 2.45) is 0 Å². The topological polar surface area (TPSA) is 72.8 Å². The van der Waals surface area contributed by atoms with Gasteiger partial charge in [-0.25, -0.2) is 0 Å². The maximum absolute atomic E-state index is 10.7. The van der Waals surface area contributed by atoms with Crippen molar-refractivity contribution in [1.82, 2.24) is 0 Å². The molecule has 0 aliphatic carbocycles. The van der Waals surface area contributed by atoms with Crippen LogP contribution in [0, 0.1) is 0 Å². The van der Waals surface area contributed by atoms with Gasteiger partial charge in [-0.3, -0.25) is 9.59 Å². The van der Waals surface area contributed by atoms with Gasteiger partial charge >= 0.3 is 11.9 Å². The average molecular weight is 248 g/mol. The first kappa shape index (κ1) is 18.3. The van der Waals surface area contributed by atoms with E-state index in [1.54, 1.807) is 0 Å². The summed E-state index contributed by atoms with van der Waals surface area (Å²) in [7, 11) is 0. The van der Waals surface area contributed by atoms with Crippen molar-refractivity contribution < 1.29 is 24.2 Å². The van der Waals surface area contributed by atoms with Crippen molar-refractivity contribution in [3.63, 3.8) is 0 Å². The number of rotatable bonds is 8. The van der Waals surface area contributed by atoms with Gasteiger partial charge in [0.15, 0.2) is 0 Å². The number of hydrogen-bond acceptors (Lipinski definition) is 4. The van der Waals surface area contributed by atoms with Gasteiger partial charge in [-0.15, -0.1) is 0 Å². The van der Waals surface area contributed by atoms with E-state index in [-0.39, 0.29) is 12.8 Å². The number of carboxylic acid groups (broad SMARTS) is 1. The molecule has 0 radical (unpaired) electrons. The quantitative estimate of drug-likeness (QED) is 0.526. The smallest absolute Gasteiger partial charge is 0.306 e. The van der Waals surface area contributed by atoms with Crippen molar-refractivity contribution >= 4 is 11.9 Å². The summed E-state index contributed by atoms with van der Waals surface area (Å²) in [4.78, 5) is 20.8. The first-order valence-electron chi connectivity index (χ1n) is 6.03. The molecule has 0 heterocycles. The van der Waals surface area contributed by atoms with Gasteiger partial charge in [0.1, 0.15) is 0 Å². The fourth-order valence-corrected chi connectivity index (χ4v) is 0.816. The Bertz CT molecular complexity index is 189. The number of esters is 1. The number of aliphatic carboxylic acids is 1.